The number of hydrogen-bond acceptors (Lipinski definition) is 4. The molecule has 4 N–H and O–H groups in total. The fraction of sp³-hybridized carbons (Fsp3) is 0.829. The van der Waals surface area contributed by atoms with Gasteiger partial charge in [-0.2, -0.15) is 0 Å². The summed E-state index contributed by atoms with van der Waals surface area (Å²) in [4.78, 5) is 12.3. The largest absolute Gasteiger partial charge is 0.394 e. The van der Waals surface area contributed by atoms with E-state index in [9.17, 15) is 20.1 Å². The fourth-order valence-corrected chi connectivity index (χ4v) is 5.82. The molecule has 0 bridgehead atoms. The summed E-state index contributed by atoms with van der Waals surface area (Å²) >= 11 is 0. The first kappa shape index (κ1) is 44.6. The molecular weight excluding hydrogens is 570 g/mol. The normalized spacial score (nSPS) is 14.1. The molecule has 5 heteroatoms. The van der Waals surface area contributed by atoms with Gasteiger partial charge in [-0.25, -0.2) is 0 Å². The summed E-state index contributed by atoms with van der Waals surface area (Å²) in [7, 11) is 0. The summed E-state index contributed by atoms with van der Waals surface area (Å²) in [6.45, 7) is 4.13. The molecule has 5 nitrogen and oxygen atoms in total. The van der Waals surface area contributed by atoms with Gasteiger partial charge in [-0.15, -0.1) is 0 Å². The highest BCUT2D eigenvalue weighted by atomic mass is 16.3. The molecule has 0 rings (SSSR count). The second-order valence-electron chi connectivity index (χ2n) is 13.5. The molecule has 3 unspecified atom stereocenters. The lowest BCUT2D eigenvalue weighted by Crippen LogP contribution is -2.50. The van der Waals surface area contributed by atoms with Crippen LogP contribution in [0.5, 0.6) is 0 Å². The van der Waals surface area contributed by atoms with Crippen LogP contribution >= 0.6 is 0 Å². The Bertz CT molecular complexity index is 719. The minimum absolute atomic E-state index is 0.176. The van der Waals surface area contributed by atoms with E-state index in [-0.39, 0.29) is 12.5 Å². The predicted molar refractivity (Wildman–Crippen MR) is 199 cm³/mol. The summed E-state index contributed by atoms with van der Waals surface area (Å²) in [6.07, 6.45) is 43.9. The average molecular weight is 648 g/mol. The fourth-order valence-electron chi connectivity index (χ4n) is 5.82. The van der Waals surface area contributed by atoms with Gasteiger partial charge >= 0.3 is 0 Å². The topological polar surface area (TPSA) is 89.8 Å². The van der Waals surface area contributed by atoms with Gasteiger partial charge in [0, 0.05) is 6.42 Å². The van der Waals surface area contributed by atoms with Gasteiger partial charge in [-0.05, 0) is 77.0 Å². The third-order valence-corrected chi connectivity index (χ3v) is 8.94. The number of rotatable bonds is 35. The van der Waals surface area contributed by atoms with Crippen molar-refractivity contribution in [2.75, 3.05) is 6.61 Å². The van der Waals surface area contributed by atoms with Gasteiger partial charge in [0.1, 0.15) is 6.10 Å². The molecule has 0 radical (unpaired) electrons. The van der Waals surface area contributed by atoms with Crippen molar-refractivity contribution in [1.82, 2.24) is 5.32 Å². The molecular formula is C41H77NO4. The second kappa shape index (κ2) is 36.4. The van der Waals surface area contributed by atoms with E-state index in [0.29, 0.717) is 12.8 Å². The van der Waals surface area contributed by atoms with Crippen LogP contribution in [0.15, 0.2) is 36.5 Å². The van der Waals surface area contributed by atoms with Crippen LogP contribution in [0.1, 0.15) is 194 Å². The SMILES string of the molecule is CCCCCCCC/C=C\CCCCCC(=O)NC(CO)C(O)C(O)CCC/C=C/CC/C=C/CCCCCCCCCCCC. The van der Waals surface area contributed by atoms with Crippen molar-refractivity contribution in [2.24, 2.45) is 0 Å². The summed E-state index contributed by atoms with van der Waals surface area (Å²) in [5.74, 6) is -0.176. The van der Waals surface area contributed by atoms with Crippen molar-refractivity contribution in [3.8, 4) is 0 Å². The molecule has 0 aromatic heterocycles. The molecule has 0 aliphatic carbocycles. The first-order chi connectivity index (χ1) is 22.6. The Kier molecular flexibility index (Phi) is 35.3. The zero-order valence-electron chi connectivity index (χ0n) is 30.5. The smallest absolute Gasteiger partial charge is 0.220 e. The Morgan fingerprint density at radius 1 is 0.522 bits per heavy atom. The highest BCUT2D eigenvalue weighted by Gasteiger charge is 2.26. The summed E-state index contributed by atoms with van der Waals surface area (Å²) in [5, 5.41) is 33.3. The van der Waals surface area contributed by atoms with Gasteiger partial charge in [-0.1, -0.05) is 147 Å². The number of amides is 1. The number of carbonyl (C=O) groups is 1. The van der Waals surface area contributed by atoms with Crippen LogP contribution in [0.25, 0.3) is 0 Å². The molecule has 0 heterocycles. The zero-order valence-corrected chi connectivity index (χ0v) is 30.5. The van der Waals surface area contributed by atoms with Crippen molar-refractivity contribution >= 4 is 5.91 Å². The minimum atomic E-state index is -1.17. The van der Waals surface area contributed by atoms with Crippen LogP contribution in [-0.4, -0.2) is 46.1 Å². The van der Waals surface area contributed by atoms with E-state index in [2.05, 4.69) is 55.6 Å². The minimum Gasteiger partial charge on any atom is -0.394 e. The van der Waals surface area contributed by atoms with Crippen LogP contribution in [-0.2, 0) is 4.79 Å². The first-order valence-electron chi connectivity index (χ1n) is 19.8. The number of carbonyl (C=O) groups excluding carboxylic acids is 1. The molecule has 0 aromatic carbocycles. The standard InChI is InChI=1S/C41H77NO4/c1-3-5-7-9-11-13-15-17-18-19-20-21-22-24-25-27-29-31-33-35-39(44)41(46)38(37-43)42-40(45)36-34-32-30-28-26-23-16-14-12-10-8-6-4-2/h21-23,26-27,29,38-39,41,43-44,46H,3-20,24-25,28,30-37H2,1-2H3,(H,42,45)/b22-21+,26-23-,29-27+. The van der Waals surface area contributed by atoms with Crippen molar-refractivity contribution in [3.05, 3.63) is 36.5 Å². The third kappa shape index (κ3) is 31.2. The Hall–Kier alpha value is -1.43. The first-order valence-corrected chi connectivity index (χ1v) is 19.8. The number of aliphatic hydroxyl groups excluding tert-OH is 3. The summed E-state index contributed by atoms with van der Waals surface area (Å²) in [5.41, 5.74) is 0. The molecule has 270 valence electrons. The molecule has 0 aliphatic heterocycles. The van der Waals surface area contributed by atoms with Gasteiger partial charge in [0.25, 0.3) is 0 Å². The average Bonchev–Trinajstić information content (AvgIpc) is 3.06. The summed E-state index contributed by atoms with van der Waals surface area (Å²) in [6, 6.07) is -0.838. The lowest BCUT2D eigenvalue weighted by atomic mass is 10.0. The predicted octanol–water partition coefficient (Wildman–Crippen LogP) is 10.8. The molecule has 0 aromatic rings. The summed E-state index contributed by atoms with van der Waals surface area (Å²) < 4.78 is 0. The number of allylic oxidation sites excluding steroid dienone is 6. The van der Waals surface area contributed by atoms with Gasteiger partial charge in [-0.3, -0.25) is 4.79 Å². The molecule has 0 saturated heterocycles. The quantitative estimate of drug-likeness (QED) is 0.0407. The Labute approximate surface area is 285 Å². The lowest BCUT2D eigenvalue weighted by Gasteiger charge is -2.26. The van der Waals surface area contributed by atoms with E-state index < -0.39 is 18.2 Å². The number of aliphatic hydroxyl groups is 3. The van der Waals surface area contributed by atoms with Crippen LogP contribution in [0.3, 0.4) is 0 Å². The van der Waals surface area contributed by atoms with Crippen LogP contribution in [0.4, 0.5) is 0 Å². The Balaban J connectivity index is 3.77. The molecule has 0 fully saturated rings. The molecule has 3 atom stereocenters. The van der Waals surface area contributed by atoms with E-state index in [4.69, 9.17) is 0 Å². The van der Waals surface area contributed by atoms with E-state index in [1.807, 2.05) is 0 Å². The number of unbranched alkanes of at least 4 members (excludes halogenated alkanes) is 21. The molecule has 1 amide bonds. The number of nitrogens with one attached hydrogen (secondary N) is 1. The zero-order chi connectivity index (χ0) is 33.8. The van der Waals surface area contributed by atoms with Crippen LogP contribution in [0, 0.1) is 0 Å². The highest BCUT2D eigenvalue weighted by Crippen LogP contribution is 2.13. The Morgan fingerprint density at radius 2 is 0.891 bits per heavy atom. The molecule has 0 saturated carbocycles. The van der Waals surface area contributed by atoms with Crippen LogP contribution < -0.4 is 5.32 Å². The maximum absolute atomic E-state index is 12.3. The van der Waals surface area contributed by atoms with E-state index >= 15 is 0 Å². The van der Waals surface area contributed by atoms with Crippen LogP contribution in [0.2, 0.25) is 0 Å². The molecule has 46 heavy (non-hydrogen) atoms. The van der Waals surface area contributed by atoms with Crippen molar-refractivity contribution < 1.29 is 20.1 Å². The van der Waals surface area contributed by atoms with E-state index in [1.54, 1.807) is 0 Å². The van der Waals surface area contributed by atoms with Crippen molar-refractivity contribution in [2.45, 2.75) is 212 Å². The maximum atomic E-state index is 12.3. The van der Waals surface area contributed by atoms with Gasteiger partial charge in [0.15, 0.2) is 0 Å². The van der Waals surface area contributed by atoms with Gasteiger partial charge in [0.2, 0.25) is 5.91 Å². The third-order valence-electron chi connectivity index (χ3n) is 8.94. The lowest BCUT2D eigenvalue weighted by molar-refractivity contribution is -0.124. The molecule has 0 aliphatic rings. The molecule has 0 spiro atoms. The monoisotopic (exact) mass is 648 g/mol. The van der Waals surface area contributed by atoms with E-state index in [1.165, 1.54) is 116 Å². The second-order valence-corrected chi connectivity index (χ2v) is 13.5. The van der Waals surface area contributed by atoms with Crippen molar-refractivity contribution in [1.29, 1.82) is 0 Å². The maximum Gasteiger partial charge on any atom is 0.220 e. The van der Waals surface area contributed by atoms with E-state index in [0.717, 1.165) is 51.4 Å². The van der Waals surface area contributed by atoms with Gasteiger partial charge in [0.05, 0.1) is 18.8 Å². The van der Waals surface area contributed by atoms with Crippen molar-refractivity contribution in [3.63, 3.8) is 0 Å². The highest BCUT2D eigenvalue weighted by molar-refractivity contribution is 5.76. The number of hydrogen-bond donors (Lipinski definition) is 4. The Morgan fingerprint density at radius 3 is 1.33 bits per heavy atom. The van der Waals surface area contributed by atoms with Gasteiger partial charge < -0.3 is 20.6 Å².